The number of rotatable bonds is 4. The Hall–Kier alpha value is -1.46. The third kappa shape index (κ3) is 3.00. The molecule has 0 fully saturated rings. The normalized spacial score (nSPS) is 14.0. The molecule has 0 heterocycles. The van der Waals surface area contributed by atoms with E-state index in [9.17, 15) is 0 Å². The van der Waals surface area contributed by atoms with Crippen molar-refractivity contribution >= 4 is 0 Å². The van der Waals surface area contributed by atoms with Crippen LogP contribution in [-0.2, 0) is 0 Å². The topological polar surface area (TPSA) is 21.3 Å². The molecule has 0 aliphatic rings. The van der Waals surface area contributed by atoms with Gasteiger partial charge in [0, 0.05) is 11.6 Å². The van der Waals surface area contributed by atoms with E-state index in [0.717, 1.165) is 11.3 Å². The number of hydrogen-bond donors (Lipinski definition) is 1. The standard InChI is InChI=1S/C13H17NO/c1-5-10(2)14-11(3)12-8-6-7-9-13(12)15-4/h1,6-11,14H,2-4H3. The Balaban J connectivity index is 2.82. The summed E-state index contributed by atoms with van der Waals surface area (Å²) < 4.78 is 5.29. The summed E-state index contributed by atoms with van der Waals surface area (Å²) in [6.07, 6.45) is 5.33. The lowest BCUT2D eigenvalue weighted by Gasteiger charge is -2.18. The van der Waals surface area contributed by atoms with Gasteiger partial charge in [0.2, 0.25) is 0 Å². The fourth-order valence-electron chi connectivity index (χ4n) is 1.54. The summed E-state index contributed by atoms with van der Waals surface area (Å²) in [6, 6.07) is 8.20. The molecule has 0 aliphatic carbocycles. The van der Waals surface area contributed by atoms with Gasteiger partial charge in [0.1, 0.15) is 5.75 Å². The number of methoxy groups -OCH3 is 1. The molecule has 0 spiro atoms. The highest BCUT2D eigenvalue weighted by Crippen LogP contribution is 2.24. The van der Waals surface area contributed by atoms with Crippen molar-refractivity contribution in [1.29, 1.82) is 0 Å². The molecule has 0 saturated heterocycles. The van der Waals surface area contributed by atoms with Crippen LogP contribution in [0.15, 0.2) is 24.3 Å². The average Bonchev–Trinajstić information content (AvgIpc) is 2.28. The molecule has 0 amide bonds. The highest BCUT2D eigenvalue weighted by atomic mass is 16.5. The molecule has 15 heavy (non-hydrogen) atoms. The van der Waals surface area contributed by atoms with Gasteiger partial charge in [0.05, 0.1) is 13.2 Å². The van der Waals surface area contributed by atoms with Crippen LogP contribution in [0.25, 0.3) is 0 Å². The Labute approximate surface area is 91.6 Å². The molecule has 0 bridgehead atoms. The molecule has 1 N–H and O–H groups in total. The van der Waals surface area contributed by atoms with Crippen molar-refractivity contribution in [2.24, 2.45) is 0 Å². The summed E-state index contributed by atoms with van der Waals surface area (Å²) in [5.74, 6) is 3.54. The first-order chi connectivity index (χ1) is 7.19. The number of hydrogen-bond acceptors (Lipinski definition) is 2. The second kappa shape index (κ2) is 5.43. The van der Waals surface area contributed by atoms with Crippen molar-refractivity contribution < 1.29 is 4.74 Å². The van der Waals surface area contributed by atoms with E-state index in [4.69, 9.17) is 11.2 Å². The fraction of sp³-hybridized carbons (Fsp3) is 0.385. The number of terminal acetylenes is 1. The molecule has 2 atom stereocenters. The SMILES string of the molecule is C#CC(C)NC(C)c1ccccc1OC. The predicted molar refractivity (Wildman–Crippen MR) is 62.8 cm³/mol. The van der Waals surface area contributed by atoms with Crippen LogP contribution in [0.5, 0.6) is 5.75 Å². The Morgan fingerprint density at radius 2 is 2.00 bits per heavy atom. The number of benzene rings is 1. The lowest BCUT2D eigenvalue weighted by molar-refractivity contribution is 0.400. The molecule has 0 aromatic heterocycles. The van der Waals surface area contributed by atoms with E-state index >= 15 is 0 Å². The van der Waals surface area contributed by atoms with Gasteiger partial charge in [-0.15, -0.1) is 6.42 Å². The van der Waals surface area contributed by atoms with Gasteiger partial charge in [-0.2, -0.15) is 0 Å². The summed E-state index contributed by atoms with van der Waals surface area (Å²) in [6.45, 7) is 4.04. The highest BCUT2D eigenvalue weighted by molar-refractivity contribution is 5.35. The summed E-state index contributed by atoms with van der Waals surface area (Å²) >= 11 is 0. The maximum absolute atomic E-state index is 5.33. The van der Waals surface area contributed by atoms with Gasteiger partial charge in [0.15, 0.2) is 0 Å². The van der Waals surface area contributed by atoms with Gasteiger partial charge >= 0.3 is 0 Å². The first kappa shape index (κ1) is 11.6. The largest absolute Gasteiger partial charge is 0.496 e. The Bertz CT molecular complexity index is 354. The van der Waals surface area contributed by atoms with Crippen LogP contribution in [0.4, 0.5) is 0 Å². The van der Waals surface area contributed by atoms with Gasteiger partial charge in [0.25, 0.3) is 0 Å². The van der Waals surface area contributed by atoms with E-state index in [1.165, 1.54) is 0 Å². The van der Waals surface area contributed by atoms with Crippen LogP contribution in [0, 0.1) is 12.3 Å². The van der Waals surface area contributed by atoms with Crippen molar-refractivity contribution in [3.8, 4) is 18.1 Å². The van der Waals surface area contributed by atoms with Crippen molar-refractivity contribution in [3.63, 3.8) is 0 Å². The molecule has 2 nitrogen and oxygen atoms in total. The summed E-state index contributed by atoms with van der Waals surface area (Å²) in [7, 11) is 1.68. The molecule has 2 heteroatoms. The van der Waals surface area contributed by atoms with Crippen molar-refractivity contribution in [2.45, 2.75) is 25.9 Å². The smallest absolute Gasteiger partial charge is 0.123 e. The summed E-state index contributed by atoms with van der Waals surface area (Å²) in [5, 5.41) is 3.30. The lowest BCUT2D eigenvalue weighted by Crippen LogP contribution is -2.27. The molecular formula is C13H17NO. The zero-order valence-electron chi connectivity index (χ0n) is 9.45. The molecule has 0 saturated carbocycles. The third-order valence-electron chi connectivity index (χ3n) is 2.36. The van der Waals surface area contributed by atoms with E-state index in [-0.39, 0.29) is 12.1 Å². The second-order valence-electron chi connectivity index (χ2n) is 3.52. The monoisotopic (exact) mass is 203 g/mol. The Morgan fingerprint density at radius 3 is 2.60 bits per heavy atom. The quantitative estimate of drug-likeness (QED) is 0.758. The van der Waals surface area contributed by atoms with Crippen LogP contribution in [0.3, 0.4) is 0 Å². The van der Waals surface area contributed by atoms with E-state index in [1.54, 1.807) is 7.11 Å². The molecule has 0 radical (unpaired) electrons. The Morgan fingerprint density at radius 1 is 1.33 bits per heavy atom. The lowest BCUT2D eigenvalue weighted by atomic mass is 10.1. The molecule has 1 aromatic carbocycles. The van der Waals surface area contributed by atoms with E-state index in [2.05, 4.69) is 18.2 Å². The minimum Gasteiger partial charge on any atom is -0.496 e. The summed E-state index contributed by atoms with van der Waals surface area (Å²) in [4.78, 5) is 0. The van der Waals surface area contributed by atoms with Gasteiger partial charge in [-0.25, -0.2) is 0 Å². The zero-order valence-corrected chi connectivity index (χ0v) is 9.45. The van der Waals surface area contributed by atoms with Gasteiger partial charge < -0.3 is 4.74 Å². The maximum Gasteiger partial charge on any atom is 0.123 e. The minimum atomic E-state index is 0.0601. The van der Waals surface area contributed by atoms with Crippen LogP contribution in [-0.4, -0.2) is 13.2 Å². The third-order valence-corrected chi connectivity index (χ3v) is 2.36. The van der Waals surface area contributed by atoms with Crippen LogP contribution >= 0.6 is 0 Å². The molecule has 2 unspecified atom stereocenters. The minimum absolute atomic E-state index is 0.0601. The molecule has 0 aliphatic heterocycles. The molecule has 1 aromatic rings. The van der Waals surface area contributed by atoms with E-state index < -0.39 is 0 Å². The zero-order chi connectivity index (χ0) is 11.3. The van der Waals surface area contributed by atoms with Gasteiger partial charge in [-0.1, -0.05) is 24.1 Å². The summed E-state index contributed by atoms with van der Waals surface area (Å²) in [5.41, 5.74) is 1.13. The number of nitrogens with one attached hydrogen (secondary N) is 1. The number of ether oxygens (including phenoxy) is 1. The van der Waals surface area contributed by atoms with Crippen molar-refractivity contribution in [1.82, 2.24) is 5.32 Å². The number of para-hydroxylation sites is 1. The Kier molecular flexibility index (Phi) is 4.20. The highest BCUT2D eigenvalue weighted by Gasteiger charge is 2.11. The first-order valence-electron chi connectivity index (χ1n) is 5.04. The molecular weight excluding hydrogens is 186 g/mol. The molecule has 80 valence electrons. The maximum atomic E-state index is 5.33. The van der Waals surface area contributed by atoms with Crippen LogP contribution in [0.2, 0.25) is 0 Å². The predicted octanol–water partition coefficient (Wildman–Crippen LogP) is 2.37. The fourth-order valence-corrected chi connectivity index (χ4v) is 1.54. The van der Waals surface area contributed by atoms with Crippen LogP contribution in [0.1, 0.15) is 25.5 Å². The van der Waals surface area contributed by atoms with Crippen molar-refractivity contribution in [3.05, 3.63) is 29.8 Å². The second-order valence-corrected chi connectivity index (χ2v) is 3.52. The molecule has 1 rings (SSSR count). The van der Waals surface area contributed by atoms with Gasteiger partial charge in [-0.05, 0) is 19.9 Å². The van der Waals surface area contributed by atoms with E-state index in [1.807, 2.05) is 31.2 Å². The van der Waals surface area contributed by atoms with Crippen LogP contribution < -0.4 is 10.1 Å². The first-order valence-corrected chi connectivity index (χ1v) is 5.04. The van der Waals surface area contributed by atoms with E-state index in [0.29, 0.717) is 0 Å². The average molecular weight is 203 g/mol. The van der Waals surface area contributed by atoms with Crippen molar-refractivity contribution in [2.75, 3.05) is 7.11 Å². The van der Waals surface area contributed by atoms with Gasteiger partial charge in [-0.3, -0.25) is 5.32 Å².